The van der Waals surface area contributed by atoms with Crippen molar-refractivity contribution in [2.45, 2.75) is 24.4 Å². The molecule has 1 aliphatic heterocycles. The molecule has 1 saturated heterocycles. The van der Waals surface area contributed by atoms with Crippen molar-refractivity contribution >= 4 is 0 Å². The highest BCUT2D eigenvalue weighted by Gasteiger charge is 2.36. The van der Waals surface area contributed by atoms with Crippen molar-refractivity contribution in [2.75, 3.05) is 13.2 Å². The van der Waals surface area contributed by atoms with E-state index in [0.717, 1.165) is 0 Å². The summed E-state index contributed by atoms with van der Waals surface area (Å²) in [6, 6.07) is 0. The lowest BCUT2D eigenvalue weighted by molar-refractivity contribution is -0.183. The van der Waals surface area contributed by atoms with Crippen LogP contribution in [0.3, 0.4) is 0 Å². The third kappa shape index (κ3) is 2.30. The van der Waals surface area contributed by atoms with E-state index in [-0.39, 0.29) is 13.2 Å². The SMILES string of the molecule is [N-]=[N+]=NCC1OCC(O)C(O)C1O. The van der Waals surface area contributed by atoms with Crippen LogP contribution < -0.4 is 0 Å². The van der Waals surface area contributed by atoms with Crippen LogP contribution in [0.25, 0.3) is 10.4 Å². The van der Waals surface area contributed by atoms with E-state index in [2.05, 4.69) is 10.0 Å². The predicted octanol–water partition coefficient (Wildman–Crippen LogP) is -1.22. The summed E-state index contributed by atoms with van der Waals surface area (Å²) < 4.78 is 4.95. The average molecular weight is 189 g/mol. The lowest BCUT2D eigenvalue weighted by Crippen LogP contribution is -2.53. The molecule has 0 amide bonds. The van der Waals surface area contributed by atoms with Gasteiger partial charge in [-0.1, -0.05) is 5.11 Å². The zero-order chi connectivity index (χ0) is 9.84. The van der Waals surface area contributed by atoms with Crippen LogP contribution >= 0.6 is 0 Å². The van der Waals surface area contributed by atoms with Crippen LogP contribution in [0.2, 0.25) is 0 Å². The third-order valence-corrected chi connectivity index (χ3v) is 1.93. The van der Waals surface area contributed by atoms with Crippen molar-refractivity contribution in [3.8, 4) is 0 Å². The van der Waals surface area contributed by atoms with Gasteiger partial charge in [0.25, 0.3) is 0 Å². The van der Waals surface area contributed by atoms with E-state index in [4.69, 9.17) is 15.4 Å². The summed E-state index contributed by atoms with van der Waals surface area (Å²) in [4.78, 5) is 2.50. The Morgan fingerprint density at radius 3 is 2.69 bits per heavy atom. The Bertz CT molecular complexity index is 218. The van der Waals surface area contributed by atoms with Crippen molar-refractivity contribution in [2.24, 2.45) is 5.11 Å². The van der Waals surface area contributed by atoms with Crippen molar-refractivity contribution in [3.05, 3.63) is 10.4 Å². The molecule has 74 valence electrons. The lowest BCUT2D eigenvalue weighted by Gasteiger charge is -2.34. The highest BCUT2D eigenvalue weighted by atomic mass is 16.5. The van der Waals surface area contributed by atoms with Gasteiger partial charge >= 0.3 is 0 Å². The Labute approximate surface area is 74.2 Å². The quantitative estimate of drug-likeness (QED) is 0.286. The maximum absolute atomic E-state index is 9.32. The minimum Gasteiger partial charge on any atom is -0.388 e. The van der Waals surface area contributed by atoms with Gasteiger partial charge in [-0.2, -0.15) is 0 Å². The molecule has 0 aromatic rings. The molecule has 0 radical (unpaired) electrons. The highest BCUT2D eigenvalue weighted by Crippen LogP contribution is 2.15. The van der Waals surface area contributed by atoms with E-state index in [9.17, 15) is 10.2 Å². The Kier molecular flexibility index (Phi) is 3.47. The van der Waals surface area contributed by atoms with Crippen molar-refractivity contribution in [1.82, 2.24) is 0 Å². The Morgan fingerprint density at radius 1 is 1.38 bits per heavy atom. The fourth-order valence-corrected chi connectivity index (χ4v) is 1.14. The summed E-state index contributed by atoms with van der Waals surface area (Å²) in [6.45, 7) is -0.120. The number of hydrogen-bond acceptors (Lipinski definition) is 5. The summed E-state index contributed by atoms with van der Waals surface area (Å²) in [5, 5.41) is 30.8. The van der Waals surface area contributed by atoms with E-state index in [0.29, 0.717) is 0 Å². The summed E-state index contributed by atoms with van der Waals surface area (Å²) in [7, 11) is 0. The number of ether oxygens (including phenoxy) is 1. The second-order valence-electron chi connectivity index (χ2n) is 2.83. The van der Waals surface area contributed by atoms with Crippen molar-refractivity contribution < 1.29 is 20.1 Å². The van der Waals surface area contributed by atoms with Crippen molar-refractivity contribution in [1.29, 1.82) is 0 Å². The Morgan fingerprint density at radius 2 is 2.08 bits per heavy atom. The molecule has 0 bridgehead atoms. The average Bonchev–Trinajstić information content (AvgIpc) is 2.13. The molecule has 0 aromatic heterocycles. The van der Waals surface area contributed by atoms with Crippen LogP contribution in [-0.2, 0) is 4.74 Å². The molecule has 3 N–H and O–H groups in total. The van der Waals surface area contributed by atoms with Crippen LogP contribution in [0.5, 0.6) is 0 Å². The summed E-state index contributed by atoms with van der Waals surface area (Å²) in [5.74, 6) is 0. The first-order valence-corrected chi connectivity index (χ1v) is 3.83. The summed E-state index contributed by atoms with van der Waals surface area (Å²) in [6.07, 6.45) is -4.28. The normalized spacial score (nSPS) is 39.6. The van der Waals surface area contributed by atoms with Gasteiger partial charge in [-0.3, -0.25) is 0 Å². The molecule has 4 unspecified atom stereocenters. The smallest absolute Gasteiger partial charge is 0.111 e. The zero-order valence-electron chi connectivity index (χ0n) is 6.82. The maximum Gasteiger partial charge on any atom is 0.111 e. The molecule has 1 rings (SSSR count). The molecule has 0 saturated carbocycles. The van der Waals surface area contributed by atoms with E-state index in [1.807, 2.05) is 0 Å². The standard InChI is InChI=1S/C6H11N3O4/c7-9-8-1-4-6(12)5(11)3(10)2-13-4/h3-6,10-12H,1-2H2. The number of azide groups is 1. The summed E-state index contributed by atoms with van der Waals surface area (Å²) >= 11 is 0. The van der Waals surface area contributed by atoms with Gasteiger partial charge in [0.2, 0.25) is 0 Å². The largest absolute Gasteiger partial charge is 0.388 e. The molecule has 1 aliphatic rings. The van der Waals surface area contributed by atoms with Gasteiger partial charge in [-0.05, 0) is 5.53 Å². The summed E-state index contributed by atoms with van der Waals surface area (Å²) in [5.41, 5.74) is 8.01. The van der Waals surface area contributed by atoms with E-state index in [1.165, 1.54) is 0 Å². The molecule has 13 heavy (non-hydrogen) atoms. The van der Waals surface area contributed by atoms with Gasteiger partial charge in [0.1, 0.15) is 18.3 Å². The zero-order valence-corrected chi connectivity index (χ0v) is 6.82. The molecule has 1 fully saturated rings. The van der Waals surface area contributed by atoms with Crippen LogP contribution in [-0.4, -0.2) is 52.9 Å². The van der Waals surface area contributed by atoms with E-state index in [1.54, 1.807) is 0 Å². The number of aliphatic hydroxyl groups is 3. The maximum atomic E-state index is 9.32. The van der Waals surface area contributed by atoms with Crippen LogP contribution in [0.15, 0.2) is 5.11 Å². The van der Waals surface area contributed by atoms with Crippen LogP contribution in [0, 0.1) is 0 Å². The van der Waals surface area contributed by atoms with E-state index >= 15 is 0 Å². The van der Waals surface area contributed by atoms with Gasteiger partial charge in [0.15, 0.2) is 0 Å². The van der Waals surface area contributed by atoms with Crippen molar-refractivity contribution in [3.63, 3.8) is 0 Å². The second kappa shape index (κ2) is 4.40. The van der Waals surface area contributed by atoms with Crippen LogP contribution in [0.1, 0.15) is 0 Å². The number of nitrogens with zero attached hydrogens (tertiary/aromatic N) is 3. The molecular formula is C6H11N3O4. The molecule has 7 nitrogen and oxygen atoms in total. The number of aliphatic hydroxyl groups excluding tert-OH is 3. The van der Waals surface area contributed by atoms with E-state index < -0.39 is 24.4 Å². The first kappa shape index (κ1) is 10.2. The minimum absolute atomic E-state index is 0.0541. The molecule has 0 spiro atoms. The molecule has 4 atom stereocenters. The molecule has 0 aliphatic carbocycles. The van der Waals surface area contributed by atoms with Gasteiger partial charge in [0, 0.05) is 4.91 Å². The third-order valence-electron chi connectivity index (χ3n) is 1.93. The van der Waals surface area contributed by atoms with Gasteiger partial charge in [0.05, 0.1) is 19.3 Å². The number of hydrogen-bond donors (Lipinski definition) is 3. The predicted molar refractivity (Wildman–Crippen MR) is 41.8 cm³/mol. The monoisotopic (exact) mass is 189 g/mol. The molecule has 1 heterocycles. The fraction of sp³-hybridized carbons (Fsp3) is 1.00. The fourth-order valence-electron chi connectivity index (χ4n) is 1.14. The van der Waals surface area contributed by atoms with Gasteiger partial charge in [-0.25, -0.2) is 0 Å². The highest BCUT2D eigenvalue weighted by molar-refractivity contribution is 4.87. The molecule has 7 heteroatoms. The second-order valence-corrected chi connectivity index (χ2v) is 2.83. The number of rotatable bonds is 2. The molecular weight excluding hydrogens is 178 g/mol. The Hall–Kier alpha value is -0.850. The first-order valence-electron chi connectivity index (χ1n) is 3.83. The van der Waals surface area contributed by atoms with Crippen LogP contribution in [0.4, 0.5) is 0 Å². The topological polar surface area (TPSA) is 119 Å². The minimum atomic E-state index is -1.24. The lowest BCUT2D eigenvalue weighted by atomic mass is 10.0. The van der Waals surface area contributed by atoms with Gasteiger partial charge in [-0.15, -0.1) is 0 Å². The first-order chi connectivity index (χ1) is 6.16. The van der Waals surface area contributed by atoms with Gasteiger partial charge < -0.3 is 20.1 Å². The molecule has 0 aromatic carbocycles. The Balaban J connectivity index is 2.53.